The maximum atomic E-state index is 10.5. The number of morpholine rings is 1. The van der Waals surface area contributed by atoms with Gasteiger partial charge in [-0.05, 0) is 103 Å². The topological polar surface area (TPSA) is 74.6 Å². The van der Waals surface area contributed by atoms with E-state index < -0.39 is 6.41 Å². The number of hydrogen-bond donors (Lipinski definition) is 2. The summed E-state index contributed by atoms with van der Waals surface area (Å²) >= 11 is 1.68. The Hall–Kier alpha value is -3.14. The van der Waals surface area contributed by atoms with Crippen LogP contribution in [-0.4, -0.2) is 72.9 Å². The van der Waals surface area contributed by atoms with Crippen LogP contribution < -0.4 is 9.47 Å². The van der Waals surface area contributed by atoms with Gasteiger partial charge in [0.05, 0.1) is 20.3 Å². The highest BCUT2D eigenvalue weighted by molar-refractivity contribution is 7.22. The maximum absolute atomic E-state index is 10.5. The number of thiophene rings is 1. The highest BCUT2D eigenvalue weighted by Gasteiger charge is 2.21. The summed E-state index contributed by atoms with van der Waals surface area (Å²) in [4.78, 5) is 5.50. The number of fused-ring (bicyclic) bond motifs is 1. The molecule has 2 aliphatic heterocycles. The molecule has 3 heterocycles. The van der Waals surface area contributed by atoms with Crippen molar-refractivity contribution >= 4 is 21.4 Å². The monoisotopic (exact) mass is 560 g/mol. The zero-order valence-electron chi connectivity index (χ0n) is 22.8. The Labute approximate surface area is 239 Å². The van der Waals surface area contributed by atoms with Crippen LogP contribution >= 0.6 is 11.3 Å². The van der Waals surface area contributed by atoms with Gasteiger partial charge in [-0.25, -0.2) is 4.90 Å². The fraction of sp³-hybridized carbons (Fsp3) is 0.375. The number of aliphatic hydroxyl groups excluding tert-OH is 1. The Kier molecular flexibility index (Phi) is 8.22. The zero-order valence-corrected chi connectivity index (χ0v) is 23.7. The molecule has 2 fully saturated rings. The lowest BCUT2D eigenvalue weighted by atomic mass is 9.97. The van der Waals surface area contributed by atoms with E-state index in [4.69, 9.17) is 14.2 Å². The molecule has 0 aliphatic carbocycles. The predicted octanol–water partition coefficient (Wildman–Crippen LogP) is 5.46. The van der Waals surface area contributed by atoms with E-state index >= 15 is 0 Å². The summed E-state index contributed by atoms with van der Waals surface area (Å²) in [6.45, 7) is 5.69. The first-order chi connectivity index (χ1) is 19.6. The van der Waals surface area contributed by atoms with E-state index in [2.05, 4.69) is 23.1 Å². The zero-order chi connectivity index (χ0) is 27.5. The molecule has 7 nitrogen and oxygen atoms in total. The third-order valence-corrected chi connectivity index (χ3v) is 9.06. The van der Waals surface area contributed by atoms with Crippen LogP contribution in [0, 0.1) is 0 Å². The number of benzene rings is 3. The minimum atomic E-state index is -0.999. The number of likely N-dealkylation sites (tertiary alicyclic amines) is 1. The first-order valence-electron chi connectivity index (χ1n) is 14.0. The van der Waals surface area contributed by atoms with Crippen LogP contribution in [0.5, 0.6) is 17.2 Å². The quantitative estimate of drug-likeness (QED) is 0.264. The summed E-state index contributed by atoms with van der Waals surface area (Å²) in [7, 11) is 1.75. The van der Waals surface area contributed by atoms with Crippen molar-refractivity contribution in [1.82, 2.24) is 9.80 Å². The largest absolute Gasteiger partial charge is 0.508 e. The molecule has 2 aliphatic rings. The van der Waals surface area contributed by atoms with Crippen LogP contribution in [0.3, 0.4) is 0 Å². The van der Waals surface area contributed by atoms with Gasteiger partial charge in [-0.2, -0.15) is 0 Å². The van der Waals surface area contributed by atoms with Crippen molar-refractivity contribution in [1.29, 1.82) is 0 Å². The molecule has 2 saturated heterocycles. The average Bonchev–Trinajstić information content (AvgIpc) is 3.62. The molecule has 1 aromatic heterocycles. The molecule has 0 bridgehead atoms. The van der Waals surface area contributed by atoms with Crippen molar-refractivity contribution in [3.05, 3.63) is 77.4 Å². The summed E-state index contributed by atoms with van der Waals surface area (Å²) in [5, 5.41) is 21.8. The molecule has 0 spiro atoms. The Morgan fingerprint density at radius 2 is 1.73 bits per heavy atom. The fourth-order valence-electron chi connectivity index (χ4n) is 5.64. The molecule has 40 heavy (non-hydrogen) atoms. The summed E-state index contributed by atoms with van der Waals surface area (Å²) in [6, 6.07) is 20.1. The molecular weight excluding hydrogens is 524 g/mol. The number of phenols is 1. The molecule has 0 radical (unpaired) electrons. The fourth-order valence-corrected chi connectivity index (χ4v) is 6.90. The Bertz CT molecular complexity index is 1440. The van der Waals surface area contributed by atoms with Crippen LogP contribution in [0.1, 0.15) is 29.5 Å². The van der Waals surface area contributed by atoms with E-state index in [1.165, 1.54) is 29.5 Å². The van der Waals surface area contributed by atoms with Gasteiger partial charge in [-0.1, -0.05) is 12.1 Å². The molecular formula is C32H36N2O5S. The van der Waals surface area contributed by atoms with Gasteiger partial charge in [-0.15, -0.1) is 11.3 Å². The molecule has 1 unspecified atom stereocenters. The molecule has 1 atom stereocenters. The molecule has 3 aromatic carbocycles. The van der Waals surface area contributed by atoms with Crippen LogP contribution in [0.2, 0.25) is 0 Å². The summed E-state index contributed by atoms with van der Waals surface area (Å²) < 4.78 is 18.0. The van der Waals surface area contributed by atoms with E-state index in [0.717, 1.165) is 52.3 Å². The van der Waals surface area contributed by atoms with Crippen LogP contribution in [0.4, 0.5) is 0 Å². The number of ether oxygens (including phenoxy) is 3. The smallest absolute Gasteiger partial charge is 0.259 e. The van der Waals surface area contributed by atoms with E-state index in [9.17, 15) is 10.2 Å². The van der Waals surface area contributed by atoms with Crippen molar-refractivity contribution in [2.75, 3.05) is 46.5 Å². The van der Waals surface area contributed by atoms with Crippen molar-refractivity contribution in [3.63, 3.8) is 0 Å². The lowest BCUT2D eigenvalue weighted by Gasteiger charge is -2.30. The molecule has 210 valence electrons. The lowest BCUT2D eigenvalue weighted by Crippen LogP contribution is -2.46. The second-order valence-corrected chi connectivity index (χ2v) is 11.6. The molecule has 0 saturated carbocycles. The summed E-state index contributed by atoms with van der Waals surface area (Å²) in [5.74, 6) is 1.81. The summed E-state index contributed by atoms with van der Waals surface area (Å²) in [6.07, 6.45) is 2.28. The van der Waals surface area contributed by atoms with Crippen molar-refractivity contribution in [2.45, 2.75) is 32.2 Å². The minimum absolute atomic E-state index is 0.264. The Morgan fingerprint density at radius 1 is 0.950 bits per heavy atom. The molecule has 8 heteroatoms. The van der Waals surface area contributed by atoms with Crippen molar-refractivity contribution in [3.8, 4) is 27.7 Å². The predicted molar refractivity (Wildman–Crippen MR) is 158 cm³/mol. The number of hydrogen-bond acceptors (Lipinski definition) is 8. The number of aromatic hydroxyl groups is 1. The van der Waals surface area contributed by atoms with Crippen molar-refractivity contribution in [2.24, 2.45) is 0 Å². The Balaban J connectivity index is 1.27. The van der Waals surface area contributed by atoms with Crippen LogP contribution in [0.15, 0.2) is 60.7 Å². The highest BCUT2D eigenvalue weighted by Crippen LogP contribution is 2.42. The Morgan fingerprint density at radius 3 is 2.48 bits per heavy atom. The van der Waals surface area contributed by atoms with E-state index in [1.807, 2.05) is 41.3 Å². The second-order valence-electron chi connectivity index (χ2n) is 10.5. The van der Waals surface area contributed by atoms with E-state index in [1.54, 1.807) is 24.5 Å². The van der Waals surface area contributed by atoms with Gasteiger partial charge in [0.1, 0.15) is 17.2 Å². The van der Waals surface area contributed by atoms with Gasteiger partial charge >= 0.3 is 0 Å². The van der Waals surface area contributed by atoms with Gasteiger partial charge in [0.2, 0.25) is 0 Å². The normalized spacial score (nSPS) is 17.4. The first kappa shape index (κ1) is 27.1. The third-order valence-electron chi connectivity index (χ3n) is 7.82. The number of nitrogens with zero attached hydrogens (tertiary/aromatic N) is 2. The van der Waals surface area contributed by atoms with E-state index in [0.29, 0.717) is 32.1 Å². The first-order valence-corrected chi connectivity index (χ1v) is 14.8. The van der Waals surface area contributed by atoms with Gasteiger partial charge in [-0.3, -0.25) is 4.90 Å². The maximum Gasteiger partial charge on any atom is 0.259 e. The number of phenolic OH excluding ortho intramolecular Hbond substituents is 1. The van der Waals surface area contributed by atoms with Gasteiger partial charge in [0.15, 0.2) is 0 Å². The molecule has 0 amide bonds. The summed E-state index contributed by atoms with van der Waals surface area (Å²) in [5.41, 5.74) is 4.70. The number of rotatable bonds is 9. The third kappa shape index (κ3) is 5.96. The van der Waals surface area contributed by atoms with Gasteiger partial charge in [0, 0.05) is 34.8 Å². The second kappa shape index (κ2) is 12.2. The number of methoxy groups -OCH3 is 1. The van der Waals surface area contributed by atoms with Crippen LogP contribution in [0.25, 0.3) is 20.5 Å². The molecule has 4 aromatic rings. The van der Waals surface area contributed by atoms with Crippen molar-refractivity contribution < 1.29 is 24.4 Å². The average molecular weight is 561 g/mol. The molecule has 2 N–H and O–H groups in total. The standard InChI is InChI=1S/C32H36N2O5S/c1-37-29-19-22(4-5-24(29)21-33-12-2-3-13-33)18-28-27-11-8-25(35)20-30(27)40-31(28)23-6-9-26(10-7-23)39-32(36)34-14-16-38-17-15-34/h4-11,19-20,32,35-36H,2-3,12-18,21H2,1H3. The van der Waals surface area contributed by atoms with E-state index in [-0.39, 0.29) is 5.75 Å². The van der Waals surface area contributed by atoms with Gasteiger partial charge in [0.25, 0.3) is 6.41 Å². The lowest BCUT2D eigenvalue weighted by molar-refractivity contribution is -0.159. The molecule has 6 rings (SSSR count). The van der Waals surface area contributed by atoms with Gasteiger partial charge < -0.3 is 24.4 Å². The highest BCUT2D eigenvalue weighted by atomic mass is 32.1. The minimum Gasteiger partial charge on any atom is -0.508 e. The SMILES string of the molecule is COc1cc(Cc2c(-c3ccc(OC(O)N4CCOCC4)cc3)sc3cc(O)ccc23)ccc1CN1CCCC1. The number of aliphatic hydroxyl groups is 1. The van der Waals surface area contributed by atoms with Crippen LogP contribution in [-0.2, 0) is 17.7 Å².